The van der Waals surface area contributed by atoms with Gasteiger partial charge in [-0.25, -0.2) is 8.78 Å². The van der Waals surface area contributed by atoms with E-state index in [1.54, 1.807) is 18.3 Å². The molecule has 5 nitrogen and oxygen atoms in total. The Hall–Kier alpha value is -3.52. The van der Waals surface area contributed by atoms with E-state index in [9.17, 15) is 13.2 Å². The molecule has 0 aliphatic carbocycles. The summed E-state index contributed by atoms with van der Waals surface area (Å²) in [6, 6.07) is 10.5. The smallest absolute Gasteiger partial charge is 0.200 e. The summed E-state index contributed by atoms with van der Waals surface area (Å²) in [6.45, 7) is 2.53. The maximum Gasteiger partial charge on any atom is 0.200 e. The molecule has 4 rings (SSSR count). The van der Waals surface area contributed by atoms with E-state index in [0.29, 0.717) is 36.3 Å². The largest absolute Gasteiger partial charge is 0.493 e. The predicted octanol–water partition coefficient (Wildman–Crippen LogP) is 5.60. The van der Waals surface area contributed by atoms with Gasteiger partial charge in [0.25, 0.3) is 0 Å². The van der Waals surface area contributed by atoms with Crippen molar-refractivity contribution in [2.75, 3.05) is 6.61 Å². The molecule has 2 heterocycles. The van der Waals surface area contributed by atoms with Crippen LogP contribution in [0.25, 0.3) is 11.0 Å². The molecule has 8 heteroatoms. The molecule has 0 atom stereocenters. The number of nitrogens with zero attached hydrogens (tertiary/aromatic N) is 1. The number of aryl methyl sites for hydroxylation is 2. The fourth-order valence-electron chi connectivity index (χ4n) is 3.66. The van der Waals surface area contributed by atoms with Crippen LogP contribution in [0.4, 0.5) is 13.2 Å². The van der Waals surface area contributed by atoms with Crippen LogP contribution in [0.15, 0.2) is 53.1 Å². The van der Waals surface area contributed by atoms with Crippen LogP contribution in [0.2, 0.25) is 0 Å². The lowest BCUT2D eigenvalue weighted by molar-refractivity contribution is 0.255. The number of rotatable bonds is 9. The van der Waals surface area contributed by atoms with Gasteiger partial charge in [0.2, 0.25) is 5.82 Å². The molecule has 0 aliphatic rings. The van der Waals surface area contributed by atoms with E-state index >= 15 is 0 Å². The van der Waals surface area contributed by atoms with Gasteiger partial charge in [0.15, 0.2) is 11.6 Å². The summed E-state index contributed by atoms with van der Waals surface area (Å²) in [5.74, 6) is -2.96. The number of benzene rings is 2. The Morgan fingerprint density at radius 2 is 1.88 bits per heavy atom. The monoisotopic (exact) mass is 456 g/mol. The molecule has 0 spiro atoms. The summed E-state index contributed by atoms with van der Waals surface area (Å²) in [5.41, 5.74) is 9.06. The number of nitrogens with two attached hydrogens (primary N) is 1. The van der Waals surface area contributed by atoms with Crippen LogP contribution in [0.1, 0.15) is 29.0 Å². The summed E-state index contributed by atoms with van der Waals surface area (Å²) in [6.07, 6.45) is 3.23. The van der Waals surface area contributed by atoms with Crippen LogP contribution < -0.4 is 15.2 Å². The van der Waals surface area contributed by atoms with Gasteiger partial charge in [0.05, 0.1) is 12.0 Å². The highest BCUT2D eigenvalue weighted by molar-refractivity contribution is 5.88. The standard InChI is InChI=1S/C25H23F3N2O3/c1-15-23(14-32-22-12-17(26)11-18(27)25(22)28)33-21-8-2-7-20(24(15)21)31-10-4-6-19-16(13-29)5-3-9-30-19/h2-3,5,7-9,11-12H,4,6,10,13-14,29H2,1H3. The predicted molar refractivity (Wildman–Crippen MR) is 118 cm³/mol. The molecule has 4 aromatic rings. The Labute approximate surface area is 188 Å². The van der Waals surface area contributed by atoms with Gasteiger partial charge < -0.3 is 19.6 Å². The van der Waals surface area contributed by atoms with Crippen molar-refractivity contribution < 1.29 is 27.1 Å². The van der Waals surface area contributed by atoms with Crippen LogP contribution >= 0.6 is 0 Å². The summed E-state index contributed by atoms with van der Waals surface area (Å²) in [4.78, 5) is 4.39. The fourth-order valence-corrected chi connectivity index (χ4v) is 3.66. The molecule has 0 unspecified atom stereocenters. The van der Waals surface area contributed by atoms with E-state index < -0.39 is 23.2 Å². The first-order valence-electron chi connectivity index (χ1n) is 10.5. The second-order valence-electron chi connectivity index (χ2n) is 7.53. The summed E-state index contributed by atoms with van der Waals surface area (Å²) < 4.78 is 57.8. The van der Waals surface area contributed by atoms with Crippen LogP contribution in [-0.4, -0.2) is 11.6 Å². The van der Waals surface area contributed by atoms with Crippen LogP contribution in [0.3, 0.4) is 0 Å². The number of hydrogen-bond donors (Lipinski definition) is 1. The molecule has 172 valence electrons. The van der Waals surface area contributed by atoms with Gasteiger partial charge in [0.1, 0.15) is 29.5 Å². The number of aromatic nitrogens is 1. The van der Waals surface area contributed by atoms with Crippen molar-refractivity contribution in [3.63, 3.8) is 0 Å². The first kappa shape index (κ1) is 22.7. The van der Waals surface area contributed by atoms with Crippen LogP contribution in [-0.2, 0) is 19.6 Å². The van der Waals surface area contributed by atoms with Crippen molar-refractivity contribution in [1.82, 2.24) is 4.98 Å². The summed E-state index contributed by atoms with van der Waals surface area (Å²) in [7, 11) is 0. The normalized spacial score (nSPS) is 11.2. The van der Waals surface area contributed by atoms with Gasteiger partial charge >= 0.3 is 0 Å². The molecule has 33 heavy (non-hydrogen) atoms. The van der Waals surface area contributed by atoms with Gasteiger partial charge in [-0.1, -0.05) is 12.1 Å². The van der Waals surface area contributed by atoms with Gasteiger partial charge in [-0.15, -0.1) is 0 Å². The highest BCUT2D eigenvalue weighted by Gasteiger charge is 2.18. The molecule has 0 saturated carbocycles. The number of halogens is 3. The minimum absolute atomic E-state index is 0.193. The fraction of sp³-hybridized carbons (Fsp3) is 0.240. The van der Waals surface area contributed by atoms with Crippen molar-refractivity contribution in [3.05, 3.63) is 88.7 Å². The zero-order valence-corrected chi connectivity index (χ0v) is 18.0. The molecule has 0 fully saturated rings. The van der Waals surface area contributed by atoms with E-state index in [4.69, 9.17) is 19.6 Å². The molecule has 0 saturated heterocycles. The third-order valence-electron chi connectivity index (χ3n) is 5.35. The van der Waals surface area contributed by atoms with Crippen LogP contribution in [0, 0.1) is 24.4 Å². The number of fused-ring (bicyclic) bond motifs is 1. The molecule has 0 radical (unpaired) electrons. The topological polar surface area (TPSA) is 70.5 Å². The van der Waals surface area contributed by atoms with E-state index in [2.05, 4.69) is 4.98 Å². The van der Waals surface area contributed by atoms with E-state index in [1.165, 1.54) is 0 Å². The van der Waals surface area contributed by atoms with Gasteiger partial charge in [-0.3, -0.25) is 4.98 Å². The molecule has 0 bridgehead atoms. The summed E-state index contributed by atoms with van der Waals surface area (Å²) in [5, 5.41) is 0.766. The molecular formula is C25H23F3N2O3. The Kier molecular flexibility index (Phi) is 6.84. The Balaban J connectivity index is 1.45. The van der Waals surface area contributed by atoms with Crippen molar-refractivity contribution in [2.45, 2.75) is 32.9 Å². The minimum Gasteiger partial charge on any atom is -0.493 e. The second-order valence-corrected chi connectivity index (χ2v) is 7.53. The minimum atomic E-state index is -1.31. The van der Waals surface area contributed by atoms with Gasteiger partial charge in [-0.2, -0.15) is 4.39 Å². The lowest BCUT2D eigenvalue weighted by Crippen LogP contribution is -2.06. The van der Waals surface area contributed by atoms with Crippen molar-refractivity contribution in [2.24, 2.45) is 5.73 Å². The van der Waals surface area contributed by atoms with Gasteiger partial charge in [0, 0.05) is 36.1 Å². The zero-order chi connectivity index (χ0) is 23.4. The van der Waals surface area contributed by atoms with E-state index in [0.717, 1.165) is 41.1 Å². The Morgan fingerprint density at radius 1 is 1.03 bits per heavy atom. The molecule has 0 amide bonds. The highest BCUT2D eigenvalue weighted by Crippen LogP contribution is 2.34. The van der Waals surface area contributed by atoms with Crippen LogP contribution in [0.5, 0.6) is 11.5 Å². The molecule has 2 aromatic heterocycles. The third kappa shape index (κ3) is 4.96. The second kappa shape index (κ2) is 9.95. The lowest BCUT2D eigenvalue weighted by atomic mass is 10.1. The number of ether oxygens (including phenoxy) is 2. The maximum atomic E-state index is 13.9. The molecule has 2 aromatic carbocycles. The molecular weight excluding hydrogens is 433 g/mol. The average Bonchev–Trinajstić information content (AvgIpc) is 3.14. The molecule has 0 aliphatic heterocycles. The van der Waals surface area contributed by atoms with E-state index in [1.807, 2.05) is 25.1 Å². The molecule has 2 N–H and O–H groups in total. The van der Waals surface area contributed by atoms with Crippen molar-refractivity contribution >= 4 is 11.0 Å². The maximum absolute atomic E-state index is 13.9. The first-order valence-corrected chi connectivity index (χ1v) is 10.5. The number of hydrogen-bond acceptors (Lipinski definition) is 5. The Bertz CT molecular complexity index is 1270. The van der Waals surface area contributed by atoms with E-state index in [-0.39, 0.29) is 6.61 Å². The van der Waals surface area contributed by atoms with Crippen molar-refractivity contribution in [3.8, 4) is 11.5 Å². The first-order chi connectivity index (χ1) is 16.0. The number of furan rings is 1. The third-order valence-corrected chi connectivity index (χ3v) is 5.35. The zero-order valence-electron chi connectivity index (χ0n) is 18.0. The van der Waals surface area contributed by atoms with Crippen molar-refractivity contribution in [1.29, 1.82) is 0 Å². The average molecular weight is 456 g/mol. The quantitative estimate of drug-likeness (QED) is 0.262. The number of pyridine rings is 1. The SMILES string of the molecule is Cc1c(COc2cc(F)cc(F)c2F)oc2cccc(OCCCc3ncccc3CN)c12. The van der Waals surface area contributed by atoms with Gasteiger partial charge in [-0.05, 0) is 43.5 Å². The summed E-state index contributed by atoms with van der Waals surface area (Å²) >= 11 is 0. The Morgan fingerprint density at radius 3 is 2.70 bits per heavy atom. The highest BCUT2D eigenvalue weighted by atomic mass is 19.2. The lowest BCUT2D eigenvalue weighted by Gasteiger charge is -2.09.